The summed E-state index contributed by atoms with van der Waals surface area (Å²) in [6, 6.07) is 11.1. The van der Waals surface area contributed by atoms with Crippen molar-refractivity contribution in [3.63, 3.8) is 0 Å². The number of anilines is 2. The molecule has 0 amide bonds. The Morgan fingerprint density at radius 3 is 2.71 bits per heavy atom. The summed E-state index contributed by atoms with van der Waals surface area (Å²) < 4.78 is 29.4. The van der Waals surface area contributed by atoms with Gasteiger partial charge >= 0.3 is 0 Å². The molecule has 0 radical (unpaired) electrons. The fourth-order valence-electron chi connectivity index (χ4n) is 5.00. The van der Waals surface area contributed by atoms with Gasteiger partial charge < -0.3 is 20.3 Å². The predicted octanol–water partition coefficient (Wildman–Crippen LogP) is 3.68. The molecule has 1 aliphatic heterocycles. The molecule has 4 aromatic heterocycles. The van der Waals surface area contributed by atoms with E-state index in [1.807, 2.05) is 28.8 Å². The van der Waals surface area contributed by atoms with Crippen LogP contribution in [0.2, 0.25) is 0 Å². The highest BCUT2D eigenvalue weighted by Crippen LogP contribution is 2.35. The van der Waals surface area contributed by atoms with Crippen LogP contribution in [0.4, 0.5) is 20.3 Å². The average molecular weight is 515 g/mol. The van der Waals surface area contributed by atoms with Gasteiger partial charge in [0.2, 0.25) is 0 Å². The van der Waals surface area contributed by atoms with E-state index >= 15 is 0 Å². The molecule has 6 rings (SSSR count). The molecular formula is C27H24F2N8O. The minimum Gasteiger partial charge on any atom is -0.382 e. The van der Waals surface area contributed by atoms with Crippen LogP contribution in [0.15, 0.2) is 67.5 Å². The Bertz CT molecular complexity index is 1630. The van der Waals surface area contributed by atoms with Crippen LogP contribution in [0.1, 0.15) is 24.1 Å². The second-order valence-corrected chi connectivity index (χ2v) is 9.40. The van der Waals surface area contributed by atoms with Crippen molar-refractivity contribution in [2.75, 3.05) is 23.7 Å². The van der Waals surface area contributed by atoms with Crippen molar-refractivity contribution in [3.05, 3.63) is 90.4 Å². The van der Waals surface area contributed by atoms with Crippen molar-refractivity contribution in [1.29, 1.82) is 0 Å². The number of halogens is 2. The number of nitrogens with zero attached hydrogens (tertiary/aromatic N) is 7. The first-order valence-electron chi connectivity index (χ1n) is 12.2. The molecule has 9 nitrogen and oxygen atoms in total. The lowest BCUT2D eigenvalue weighted by atomic mass is 9.88. The minimum atomic E-state index is -1.13. The van der Waals surface area contributed by atoms with E-state index in [2.05, 4.69) is 29.8 Å². The molecule has 0 aliphatic carbocycles. The van der Waals surface area contributed by atoms with Gasteiger partial charge in [-0.25, -0.2) is 23.7 Å². The SMILES string of the molecule is Nc1ncnc2c1ncn2Cc1cc(-c2ccc(F)c(F)c2)ncc1N1CCCC(O)(c2ccccn2)C1. The highest BCUT2D eigenvalue weighted by atomic mass is 19.2. The van der Waals surface area contributed by atoms with E-state index in [1.165, 1.54) is 12.4 Å². The normalized spacial score (nSPS) is 17.7. The number of piperidine rings is 1. The molecule has 1 aromatic carbocycles. The molecule has 1 saturated heterocycles. The maximum Gasteiger partial charge on any atom is 0.165 e. The smallest absolute Gasteiger partial charge is 0.165 e. The van der Waals surface area contributed by atoms with E-state index in [-0.39, 0.29) is 5.82 Å². The van der Waals surface area contributed by atoms with Crippen LogP contribution in [-0.2, 0) is 12.1 Å². The number of pyridine rings is 2. The molecule has 1 aliphatic rings. The number of hydrogen-bond acceptors (Lipinski definition) is 8. The Hall–Kier alpha value is -4.51. The molecule has 1 fully saturated rings. The molecule has 1 unspecified atom stereocenters. The molecule has 5 heterocycles. The zero-order valence-corrected chi connectivity index (χ0v) is 20.3. The Kier molecular flexibility index (Phi) is 5.91. The molecule has 11 heteroatoms. The zero-order chi connectivity index (χ0) is 26.3. The number of benzene rings is 1. The van der Waals surface area contributed by atoms with E-state index in [1.54, 1.807) is 18.7 Å². The van der Waals surface area contributed by atoms with Crippen molar-refractivity contribution in [1.82, 2.24) is 29.5 Å². The van der Waals surface area contributed by atoms with E-state index in [4.69, 9.17) is 5.73 Å². The number of hydrogen-bond donors (Lipinski definition) is 2. The van der Waals surface area contributed by atoms with Gasteiger partial charge in [0.25, 0.3) is 0 Å². The fourth-order valence-corrected chi connectivity index (χ4v) is 5.00. The number of nitrogen functional groups attached to an aromatic ring is 1. The molecule has 38 heavy (non-hydrogen) atoms. The van der Waals surface area contributed by atoms with Crippen molar-refractivity contribution < 1.29 is 13.9 Å². The molecule has 5 aromatic rings. The minimum absolute atomic E-state index is 0.280. The van der Waals surface area contributed by atoms with Crippen molar-refractivity contribution in [2.45, 2.75) is 25.0 Å². The third-order valence-electron chi connectivity index (χ3n) is 6.90. The van der Waals surface area contributed by atoms with Crippen LogP contribution < -0.4 is 10.6 Å². The summed E-state index contributed by atoms with van der Waals surface area (Å²) in [5.74, 6) is -1.59. The maximum absolute atomic E-state index is 14.0. The van der Waals surface area contributed by atoms with E-state index in [9.17, 15) is 13.9 Å². The quantitative estimate of drug-likeness (QED) is 0.365. The van der Waals surface area contributed by atoms with Gasteiger partial charge in [-0.15, -0.1) is 0 Å². The highest BCUT2D eigenvalue weighted by molar-refractivity contribution is 5.81. The number of rotatable bonds is 5. The average Bonchev–Trinajstić information content (AvgIpc) is 3.35. The van der Waals surface area contributed by atoms with Gasteiger partial charge in [0.05, 0.1) is 42.7 Å². The molecular weight excluding hydrogens is 490 g/mol. The van der Waals surface area contributed by atoms with Crippen LogP contribution in [0, 0.1) is 11.6 Å². The fraction of sp³-hybridized carbons (Fsp3) is 0.222. The van der Waals surface area contributed by atoms with Crippen LogP contribution in [-0.4, -0.2) is 47.7 Å². The lowest BCUT2D eigenvalue weighted by Crippen LogP contribution is -2.47. The molecule has 0 spiro atoms. The maximum atomic E-state index is 14.0. The molecule has 0 saturated carbocycles. The van der Waals surface area contributed by atoms with Gasteiger partial charge in [-0.3, -0.25) is 9.97 Å². The zero-order valence-electron chi connectivity index (χ0n) is 20.3. The van der Waals surface area contributed by atoms with Gasteiger partial charge in [0, 0.05) is 18.3 Å². The number of fused-ring (bicyclic) bond motifs is 1. The Morgan fingerprint density at radius 2 is 1.89 bits per heavy atom. The number of nitrogens with two attached hydrogens (primary N) is 1. The summed E-state index contributed by atoms with van der Waals surface area (Å²) in [6.07, 6.45) is 7.73. The largest absolute Gasteiger partial charge is 0.382 e. The Morgan fingerprint density at radius 1 is 1.00 bits per heavy atom. The number of aromatic nitrogens is 6. The summed E-state index contributed by atoms with van der Waals surface area (Å²) in [4.78, 5) is 23.8. The first-order chi connectivity index (χ1) is 18.4. The van der Waals surface area contributed by atoms with Crippen LogP contribution in [0.3, 0.4) is 0 Å². The molecule has 3 N–H and O–H groups in total. The van der Waals surface area contributed by atoms with Crippen LogP contribution in [0.25, 0.3) is 22.4 Å². The third-order valence-corrected chi connectivity index (χ3v) is 6.90. The molecule has 192 valence electrons. The van der Waals surface area contributed by atoms with Gasteiger partial charge in [0.1, 0.15) is 17.4 Å². The Labute approximate surface area is 216 Å². The first kappa shape index (κ1) is 23.9. The summed E-state index contributed by atoms with van der Waals surface area (Å²) in [6.45, 7) is 1.37. The van der Waals surface area contributed by atoms with Gasteiger partial charge in [-0.1, -0.05) is 6.07 Å². The van der Waals surface area contributed by atoms with Crippen molar-refractivity contribution in [2.24, 2.45) is 0 Å². The van der Waals surface area contributed by atoms with Gasteiger partial charge in [0.15, 0.2) is 23.1 Å². The lowest BCUT2D eigenvalue weighted by molar-refractivity contribution is 0.0177. The predicted molar refractivity (Wildman–Crippen MR) is 138 cm³/mol. The monoisotopic (exact) mass is 514 g/mol. The number of aliphatic hydroxyl groups is 1. The standard InChI is InChI=1S/C27H24F2N8O/c28-19-6-5-17(10-20(19)29)21-11-18(13-37-16-35-24-25(30)33-15-34-26(24)37)22(12-32-21)36-9-3-7-27(38,14-36)23-4-1-2-8-31-23/h1-2,4-6,8,10-12,15-16,38H,3,7,9,13-14H2,(H2,30,33,34). The van der Waals surface area contributed by atoms with Crippen LogP contribution >= 0.6 is 0 Å². The van der Waals surface area contributed by atoms with Gasteiger partial charge in [-0.2, -0.15) is 0 Å². The van der Waals surface area contributed by atoms with Crippen LogP contribution in [0.5, 0.6) is 0 Å². The van der Waals surface area contributed by atoms with E-state index in [0.717, 1.165) is 29.8 Å². The lowest BCUT2D eigenvalue weighted by Gasteiger charge is -2.40. The van der Waals surface area contributed by atoms with Gasteiger partial charge in [-0.05, 0) is 54.8 Å². The molecule has 1 atom stereocenters. The summed E-state index contributed by atoms with van der Waals surface area (Å²) in [5, 5.41) is 11.5. The van der Waals surface area contributed by atoms with E-state index < -0.39 is 17.2 Å². The third kappa shape index (κ3) is 4.30. The number of imidazole rings is 1. The van der Waals surface area contributed by atoms with Crippen molar-refractivity contribution in [3.8, 4) is 11.3 Å². The summed E-state index contributed by atoms with van der Waals surface area (Å²) in [5.41, 5.74) is 9.09. The topological polar surface area (TPSA) is 119 Å². The highest BCUT2D eigenvalue weighted by Gasteiger charge is 2.37. The summed E-state index contributed by atoms with van der Waals surface area (Å²) >= 11 is 0. The second-order valence-electron chi connectivity index (χ2n) is 9.40. The second kappa shape index (κ2) is 9.42. The van der Waals surface area contributed by atoms with Crippen molar-refractivity contribution >= 4 is 22.7 Å². The Balaban J connectivity index is 1.43. The summed E-state index contributed by atoms with van der Waals surface area (Å²) in [7, 11) is 0. The molecule has 0 bridgehead atoms. The number of β-amino-alcohol motifs (C(OH)–C–C–N with tert-alkyl or cyclic N) is 1. The first-order valence-corrected chi connectivity index (χ1v) is 12.2. The van der Waals surface area contributed by atoms with E-state index in [0.29, 0.717) is 54.2 Å².